The maximum Gasteiger partial charge on any atom is 0.241 e. The molecule has 1 saturated heterocycles. The zero-order valence-electron chi connectivity index (χ0n) is 15.8. The molecule has 0 radical (unpaired) electrons. The number of amides is 1. The zero-order chi connectivity index (χ0) is 17.8. The fourth-order valence-corrected chi connectivity index (χ4v) is 2.94. The van der Waals surface area contributed by atoms with E-state index in [2.05, 4.69) is 46.2 Å². The first-order valence-corrected chi connectivity index (χ1v) is 9.15. The zero-order valence-corrected chi connectivity index (χ0v) is 15.8. The number of guanidine groups is 1. The number of methoxy groups -OCH3 is 1. The quantitative estimate of drug-likeness (QED) is 0.341. The maximum absolute atomic E-state index is 11.8. The van der Waals surface area contributed by atoms with Gasteiger partial charge < -0.3 is 25.2 Å². The maximum atomic E-state index is 11.8. The first-order chi connectivity index (χ1) is 11.6. The van der Waals surface area contributed by atoms with Crippen LogP contribution >= 0.6 is 0 Å². The summed E-state index contributed by atoms with van der Waals surface area (Å²) in [6.07, 6.45) is 1.18. The molecule has 0 aromatic rings. The van der Waals surface area contributed by atoms with Gasteiger partial charge in [-0.2, -0.15) is 0 Å². The highest BCUT2D eigenvalue weighted by molar-refractivity contribution is 5.85. The summed E-state index contributed by atoms with van der Waals surface area (Å²) in [5.74, 6) is 1.45. The number of likely N-dealkylation sites (tertiary alicyclic amines) is 1. The lowest BCUT2D eigenvalue weighted by Crippen LogP contribution is -2.41. The lowest BCUT2D eigenvalue weighted by Gasteiger charge is -2.24. The SMILES string of the molecule is CCNC(=NCC(=O)NCCOC)N1CCC(CN(CC)CC)C1. The molecule has 7 nitrogen and oxygen atoms in total. The van der Waals surface area contributed by atoms with Crippen LogP contribution in [0, 0.1) is 5.92 Å². The van der Waals surface area contributed by atoms with Crippen LogP contribution in [0.2, 0.25) is 0 Å². The summed E-state index contributed by atoms with van der Waals surface area (Å²) < 4.78 is 4.92. The van der Waals surface area contributed by atoms with Crippen molar-refractivity contribution in [2.45, 2.75) is 27.2 Å². The fraction of sp³-hybridized carbons (Fsp3) is 0.882. The van der Waals surface area contributed by atoms with E-state index in [-0.39, 0.29) is 12.5 Å². The smallest absolute Gasteiger partial charge is 0.241 e. The number of rotatable bonds is 10. The third-order valence-corrected chi connectivity index (χ3v) is 4.33. The Kier molecular flexibility index (Phi) is 10.4. The van der Waals surface area contributed by atoms with Gasteiger partial charge in [-0.05, 0) is 32.4 Å². The van der Waals surface area contributed by atoms with Crippen molar-refractivity contribution in [2.24, 2.45) is 10.9 Å². The van der Waals surface area contributed by atoms with E-state index in [4.69, 9.17) is 4.74 Å². The predicted octanol–water partition coefficient (Wildman–Crippen LogP) is 0.378. The van der Waals surface area contributed by atoms with Crippen molar-refractivity contribution in [3.05, 3.63) is 0 Å². The average molecular weight is 342 g/mol. The molecule has 1 fully saturated rings. The van der Waals surface area contributed by atoms with Gasteiger partial charge in [-0.25, -0.2) is 4.99 Å². The van der Waals surface area contributed by atoms with Crippen molar-refractivity contribution in [3.8, 4) is 0 Å². The van der Waals surface area contributed by atoms with E-state index in [1.165, 1.54) is 6.42 Å². The summed E-state index contributed by atoms with van der Waals surface area (Å²) in [7, 11) is 1.62. The molecule has 0 saturated carbocycles. The standard InChI is InChI=1S/C17H35N5O2/c1-5-18-17(20-12-16(23)19-9-11-24-4)22-10-8-15(14-22)13-21(6-2)7-3/h15H,5-14H2,1-4H3,(H,18,20)(H,19,23). The number of nitrogens with one attached hydrogen (secondary N) is 2. The molecule has 7 heteroatoms. The lowest BCUT2D eigenvalue weighted by atomic mass is 10.1. The van der Waals surface area contributed by atoms with E-state index in [1.54, 1.807) is 7.11 Å². The second-order valence-corrected chi connectivity index (χ2v) is 6.10. The summed E-state index contributed by atoms with van der Waals surface area (Å²) in [4.78, 5) is 21.0. The van der Waals surface area contributed by atoms with Crippen LogP contribution in [0.15, 0.2) is 4.99 Å². The lowest BCUT2D eigenvalue weighted by molar-refractivity contribution is -0.119. The van der Waals surface area contributed by atoms with E-state index in [9.17, 15) is 4.79 Å². The van der Waals surface area contributed by atoms with E-state index < -0.39 is 0 Å². The van der Waals surface area contributed by atoms with Crippen LogP contribution in [-0.2, 0) is 9.53 Å². The molecule has 1 amide bonds. The molecule has 24 heavy (non-hydrogen) atoms. The van der Waals surface area contributed by atoms with Gasteiger partial charge in [-0.1, -0.05) is 13.8 Å². The molecule has 0 aliphatic carbocycles. The normalized spacial score (nSPS) is 18.3. The van der Waals surface area contributed by atoms with Crippen LogP contribution in [0.25, 0.3) is 0 Å². The van der Waals surface area contributed by atoms with Gasteiger partial charge in [0.1, 0.15) is 6.54 Å². The Morgan fingerprint density at radius 3 is 2.67 bits per heavy atom. The van der Waals surface area contributed by atoms with Gasteiger partial charge in [0.15, 0.2) is 5.96 Å². The van der Waals surface area contributed by atoms with E-state index in [1.807, 2.05) is 0 Å². The second kappa shape index (κ2) is 12.1. The van der Waals surface area contributed by atoms with Gasteiger partial charge in [0.2, 0.25) is 5.91 Å². The van der Waals surface area contributed by atoms with Crippen LogP contribution < -0.4 is 10.6 Å². The highest BCUT2D eigenvalue weighted by Crippen LogP contribution is 2.17. The Bertz CT molecular complexity index is 385. The number of hydrogen-bond donors (Lipinski definition) is 2. The minimum atomic E-state index is -0.0682. The van der Waals surface area contributed by atoms with Gasteiger partial charge in [-0.15, -0.1) is 0 Å². The summed E-state index contributed by atoms with van der Waals surface area (Å²) >= 11 is 0. The van der Waals surface area contributed by atoms with Gasteiger partial charge >= 0.3 is 0 Å². The Balaban J connectivity index is 2.49. The molecule has 1 heterocycles. The third-order valence-electron chi connectivity index (χ3n) is 4.33. The van der Waals surface area contributed by atoms with Crippen molar-refractivity contribution >= 4 is 11.9 Å². The van der Waals surface area contributed by atoms with Crippen LogP contribution in [0.5, 0.6) is 0 Å². The van der Waals surface area contributed by atoms with Gasteiger partial charge in [0, 0.05) is 39.8 Å². The minimum absolute atomic E-state index is 0.0682. The van der Waals surface area contributed by atoms with Gasteiger partial charge in [-0.3, -0.25) is 4.79 Å². The van der Waals surface area contributed by atoms with Crippen molar-refractivity contribution in [2.75, 3.05) is 66.1 Å². The summed E-state index contributed by atoms with van der Waals surface area (Å²) in [6, 6.07) is 0. The Morgan fingerprint density at radius 1 is 1.29 bits per heavy atom. The fourth-order valence-electron chi connectivity index (χ4n) is 2.94. The minimum Gasteiger partial charge on any atom is -0.383 e. The molecule has 1 atom stereocenters. The summed E-state index contributed by atoms with van der Waals surface area (Å²) in [6.45, 7) is 13.8. The van der Waals surface area contributed by atoms with E-state index >= 15 is 0 Å². The molecule has 1 rings (SSSR count). The van der Waals surface area contributed by atoms with Crippen molar-refractivity contribution < 1.29 is 9.53 Å². The second-order valence-electron chi connectivity index (χ2n) is 6.10. The number of carbonyl (C=O) groups is 1. The molecule has 1 aliphatic heterocycles. The number of nitrogens with zero attached hydrogens (tertiary/aromatic N) is 3. The average Bonchev–Trinajstić information content (AvgIpc) is 3.05. The molecular weight excluding hydrogens is 306 g/mol. The molecule has 2 N–H and O–H groups in total. The molecule has 0 spiro atoms. The molecule has 140 valence electrons. The van der Waals surface area contributed by atoms with Crippen LogP contribution in [0.3, 0.4) is 0 Å². The Hall–Kier alpha value is -1.34. The van der Waals surface area contributed by atoms with Crippen molar-refractivity contribution in [1.29, 1.82) is 0 Å². The summed E-state index contributed by atoms with van der Waals surface area (Å²) in [5.41, 5.74) is 0. The largest absolute Gasteiger partial charge is 0.383 e. The van der Waals surface area contributed by atoms with Gasteiger partial charge in [0.05, 0.1) is 6.61 Å². The number of ether oxygens (including phenoxy) is 1. The van der Waals surface area contributed by atoms with Crippen LogP contribution in [-0.4, -0.2) is 87.7 Å². The first-order valence-electron chi connectivity index (χ1n) is 9.15. The number of carbonyl (C=O) groups excluding carboxylic acids is 1. The first kappa shape index (κ1) is 20.7. The van der Waals surface area contributed by atoms with Gasteiger partial charge in [0.25, 0.3) is 0 Å². The molecule has 0 bridgehead atoms. The molecular formula is C17H35N5O2. The molecule has 1 unspecified atom stereocenters. The van der Waals surface area contributed by atoms with Crippen LogP contribution in [0.4, 0.5) is 0 Å². The number of hydrogen-bond acceptors (Lipinski definition) is 4. The van der Waals surface area contributed by atoms with E-state index in [0.29, 0.717) is 19.1 Å². The topological polar surface area (TPSA) is 69.2 Å². The summed E-state index contributed by atoms with van der Waals surface area (Å²) in [5, 5.41) is 6.10. The Labute approximate surface area is 146 Å². The third kappa shape index (κ3) is 7.49. The van der Waals surface area contributed by atoms with Crippen LogP contribution in [0.1, 0.15) is 27.2 Å². The number of aliphatic imine (C=N–C) groups is 1. The highest BCUT2D eigenvalue weighted by Gasteiger charge is 2.26. The van der Waals surface area contributed by atoms with Crippen molar-refractivity contribution in [3.63, 3.8) is 0 Å². The van der Waals surface area contributed by atoms with Crippen molar-refractivity contribution in [1.82, 2.24) is 20.4 Å². The Morgan fingerprint density at radius 2 is 2.04 bits per heavy atom. The monoisotopic (exact) mass is 341 g/mol. The molecule has 0 aromatic heterocycles. The van der Waals surface area contributed by atoms with E-state index in [0.717, 1.165) is 45.2 Å². The molecule has 1 aliphatic rings. The predicted molar refractivity (Wildman–Crippen MR) is 98.3 cm³/mol. The molecule has 0 aromatic carbocycles. The highest BCUT2D eigenvalue weighted by atomic mass is 16.5.